The molecule has 0 radical (unpaired) electrons. The van der Waals surface area contributed by atoms with Gasteiger partial charge in [0.05, 0.1) is 17.1 Å². The summed E-state index contributed by atoms with van der Waals surface area (Å²) >= 11 is 5.88. The first kappa shape index (κ1) is 15.4. The molecule has 7 heteroatoms. The van der Waals surface area contributed by atoms with Gasteiger partial charge in [0.2, 0.25) is 0 Å². The second-order valence-corrected chi connectivity index (χ2v) is 5.29. The van der Waals surface area contributed by atoms with Crippen LogP contribution in [0, 0.1) is 0 Å². The number of benzene rings is 2. The van der Waals surface area contributed by atoms with E-state index in [9.17, 15) is 18.3 Å². The average molecular weight is 339 g/mol. The van der Waals surface area contributed by atoms with Gasteiger partial charge in [-0.2, -0.15) is 13.2 Å². The third-order valence-corrected chi connectivity index (χ3v) is 3.47. The smallest absolute Gasteiger partial charge is 0.431 e. The standard InChI is InChI=1S/C16H10ClF3N2O/c17-9-5-6-14(23)10(7-9)13-8-15(16(18,19)20)22-12-4-2-1-3-11(12)21-13/h1-8,22-23H. The maximum atomic E-state index is 13.2. The van der Waals surface area contributed by atoms with Gasteiger partial charge in [0, 0.05) is 10.6 Å². The number of phenolic OH excluding ortho intramolecular Hbond substituents is 1. The molecule has 0 spiro atoms. The van der Waals surface area contributed by atoms with E-state index in [-0.39, 0.29) is 27.7 Å². The van der Waals surface area contributed by atoms with E-state index in [0.29, 0.717) is 5.69 Å². The second kappa shape index (κ2) is 5.62. The fourth-order valence-corrected chi connectivity index (χ4v) is 2.33. The zero-order chi connectivity index (χ0) is 16.6. The Balaban J connectivity index is 2.23. The Morgan fingerprint density at radius 2 is 1.83 bits per heavy atom. The minimum atomic E-state index is -4.59. The van der Waals surface area contributed by atoms with E-state index in [2.05, 4.69) is 10.3 Å². The lowest BCUT2D eigenvalue weighted by molar-refractivity contribution is -0.0901. The number of nitrogens with zero attached hydrogens (tertiary/aromatic N) is 1. The van der Waals surface area contributed by atoms with Crippen molar-refractivity contribution in [2.24, 2.45) is 4.99 Å². The number of aromatic hydroxyl groups is 1. The van der Waals surface area contributed by atoms with Gasteiger partial charge < -0.3 is 10.4 Å². The predicted molar refractivity (Wildman–Crippen MR) is 83.5 cm³/mol. The number of para-hydroxylation sites is 2. The van der Waals surface area contributed by atoms with Crippen LogP contribution in [0.3, 0.4) is 0 Å². The Labute approximate surface area is 134 Å². The van der Waals surface area contributed by atoms with Crippen LogP contribution in [0.1, 0.15) is 5.56 Å². The average Bonchev–Trinajstić information content (AvgIpc) is 2.68. The fraction of sp³-hybridized carbons (Fsp3) is 0.0625. The number of rotatable bonds is 1. The summed E-state index contributed by atoms with van der Waals surface area (Å²) < 4.78 is 39.6. The Kier molecular flexibility index (Phi) is 3.77. The summed E-state index contributed by atoms with van der Waals surface area (Å²) in [5, 5.41) is 12.6. The van der Waals surface area contributed by atoms with Crippen molar-refractivity contribution >= 4 is 28.7 Å². The van der Waals surface area contributed by atoms with E-state index in [0.717, 1.165) is 6.08 Å². The molecule has 1 aliphatic rings. The van der Waals surface area contributed by atoms with Gasteiger partial charge in [0.25, 0.3) is 0 Å². The molecule has 1 aliphatic heterocycles. The first-order valence-corrected chi connectivity index (χ1v) is 6.95. The molecule has 0 saturated heterocycles. The van der Waals surface area contributed by atoms with E-state index in [1.807, 2.05) is 0 Å². The summed E-state index contributed by atoms with van der Waals surface area (Å²) in [7, 11) is 0. The number of anilines is 1. The highest BCUT2D eigenvalue weighted by Gasteiger charge is 2.35. The number of alkyl halides is 3. The topological polar surface area (TPSA) is 44.6 Å². The number of nitrogens with one attached hydrogen (secondary N) is 1. The van der Waals surface area contributed by atoms with Crippen molar-refractivity contribution in [1.29, 1.82) is 0 Å². The number of phenols is 1. The maximum absolute atomic E-state index is 13.2. The third kappa shape index (κ3) is 3.17. The molecule has 2 N–H and O–H groups in total. The van der Waals surface area contributed by atoms with E-state index < -0.39 is 11.9 Å². The van der Waals surface area contributed by atoms with Crippen LogP contribution in [0.4, 0.5) is 24.5 Å². The highest BCUT2D eigenvalue weighted by molar-refractivity contribution is 6.31. The van der Waals surface area contributed by atoms with Crippen molar-refractivity contribution < 1.29 is 18.3 Å². The van der Waals surface area contributed by atoms with E-state index >= 15 is 0 Å². The maximum Gasteiger partial charge on any atom is 0.431 e. The van der Waals surface area contributed by atoms with Gasteiger partial charge in [-0.1, -0.05) is 23.7 Å². The Hall–Kier alpha value is -2.47. The van der Waals surface area contributed by atoms with Crippen LogP contribution in [-0.2, 0) is 0 Å². The van der Waals surface area contributed by atoms with Crippen LogP contribution in [-0.4, -0.2) is 17.0 Å². The number of hydrogen-bond acceptors (Lipinski definition) is 3. The Morgan fingerprint density at radius 3 is 2.57 bits per heavy atom. The quantitative estimate of drug-likeness (QED) is 0.765. The molecule has 0 atom stereocenters. The number of halogens is 4. The van der Waals surface area contributed by atoms with Crippen LogP contribution in [0.15, 0.2) is 59.2 Å². The first-order valence-electron chi connectivity index (χ1n) is 6.57. The van der Waals surface area contributed by atoms with Gasteiger partial charge >= 0.3 is 6.18 Å². The van der Waals surface area contributed by atoms with Gasteiger partial charge in [0.15, 0.2) is 0 Å². The van der Waals surface area contributed by atoms with Crippen LogP contribution in [0.2, 0.25) is 5.02 Å². The van der Waals surface area contributed by atoms with Gasteiger partial charge in [-0.15, -0.1) is 0 Å². The monoisotopic (exact) mass is 338 g/mol. The molecular formula is C16H10ClF3N2O. The largest absolute Gasteiger partial charge is 0.507 e. The Morgan fingerprint density at radius 1 is 1.09 bits per heavy atom. The summed E-state index contributed by atoms with van der Waals surface area (Å²) in [6, 6.07) is 10.5. The van der Waals surface area contributed by atoms with E-state index in [1.54, 1.807) is 18.2 Å². The zero-order valence-corrected chi connectivity index (χ0v) is 12.3. The van der Waals surface area contributed by atoms with Crippen LogP contribution >= 0.6 is 11.6 Å². The Bertz CT molecular complexity index is 828. The van der Waals surface area contributed by atoms with Crippen molar-refractivity contribution in [3.63, 3.8) is 0 Å². The van der Waals surface area contributed by atoms with Gasteiger partial charge in [0.1, 0.15) is 11.4 Å². The SMILES string of the molecule is Oc1ccc(Cl)cc1C1=Nc2ccccc2NC(C(F)(F)F)=C1. The molecule has 0 amide bonds. The van der Waals surface area contributed by atoms with Crippen LogP contribution in [0.5, 0.6) is 5.75 Å². The van der Waals surface area contributed by atoms with Crippen LogP contribution in [0.25, 0.3) is 0 Å². The third-order valence-electron chi connectivity index (χ3n) is 3.24. The van der Waals surface area contributed by atoms with Crippen molar-refractivity contribution in [2.45, 2.75) is 6.18 Å². The number of allylic oxidation sites excluding steroid dienone is 2. The van der Waals surface area contributed by atoms with Gasteiger partial charge in [-0.05, 0) is 36.4 Å². The molecular weight excluding hydrogens is 329 g/mol. The van der Waals surface area contributed by atoms with Crippen molar-refractivity contribution in [3.05, 3.63) is 64.8 Å². The summed E-state index contributed by atoms with van der Waals surface area (Å²) in [5.41, 5.74) is -0.321. The van der Waals surface area contributed by atoms with Crippen molar-refractivity contribution in [1.82, 2.24) is 0 Å². The molecule has 118 valence electrons. The highest BCUT2D eigenvalue weighted by atomic mass is 35.5. The minimum Gasteiger partial charge on any atom is -0.507 e. The van der Waals surface area contributed by atoms with Crippen molar-refractivity contribution in [2.75, 3.05) is 5.32 Å². The highest BCUT2D eigenvalue weighted by Crippen LogP contribution is 2.36. The molecule has 0 fully saturated rings. The molecule has 0 saturated carbocycles. The molecule has 3 nitrogen and oxygen atoms in total. The summed E-state index contributed by atoms with van der Waals surface area (Å²) in [4.78, 5) is 4.23. The first-order chi connectivity index (χ1) is 10.8. The molecule has 3 rings (SSSR count). The number of hydrogen-bond donors (Lipinski definition) is 2. The lowest BCUT2D eigenvalue weighted by Gasteiger charge is -2.13. The molecule has 23 heavy (non-hydrogen) atoms. The zero-order valence-electron chi connectivity index (χ0n) is 11.5. The summed E-state index contributed by atoms with van der Waals surface area (Å²) in [6.45, 7) is 0. The fourth-order valence-electron chi connectivity index (χ4n) is 2.16. The van der Waals surface area contributed by atoms with Gasteiger partial charge in [-0.25, -0.2) is 4.99 Å². The van der Waals surface area contributed by atoms with E-state index in [4.69, 9.17) is 11.6 Å². The van der Waals surface area contributed by atoms with E-state index in [1.165, 1.54) is 24.3 Å². The minimum absolute atomic E-state index is 0.0326. The van der Waals surface area contributed by atoms with Gasteiger partial charge in [-0.3, -0.25) is 0 Å². The molecule has 2 aromatic rings. The molecule has 0 aromatic heterocycles. The lowest BCUT2D eigenvalue weighted by Crippen LogP contribution is -2.19. The second-order valence-electron chi connectivity index (χ2n) is 4.86. The molecule has 0 bridgehead atoms. The molecule has 0 unspecified atom stereocenters. The molecule has 2 aromatic carbocycles. The lowest BCUT2D eigenvalue weighted by atomic mass is 10.1. The summed E-state index contributed by atoms with van der Waals surface area (Å²) in [5.74, 6) is -0.203. The van der Waals surface area contributed by atoms with Crippen molar-refractivity contribution in [3.8, 4) is 5.75 Å². The molecule has 0 aliphatic carbocycles. The van der Waals surface area contributed by atoms with Crippen LogP contribution < -0.4 is 5.32 Å². The normalized spacial score (nSPS) is 14.3. The number of aliphatic imine (C=N–C) groups is 1. The number of fused-ring (bicyclic) bond motifs is 1. The summed E-state index contributed by atoms with van der Waals surface area (Å²) in [6.07, 6.45) is -3.74. The predicted octanol–water partition coefficient (Wildman–Crippen LogP) is 5.04. The molecule has 1 heterocycles.